The lowest BCUT2D eigenvalue weighted by Gasteiger charge is -2.36. The minimum Gasteiger partial charge on any atom is -0.445 e. The molecular formula is C52H75N5O21P2. The summed E-state index contributed by atoms with van der Waals surface area (Å²) in [5, 5.41) is 14.9. The number of alkyl carbamates (subject to hydrolysis) is 3. The number of aliphatic hydroxyl groups is 1. The molecule has 3 unspecified atom stereocenters. The number of ether oxygens (including phenoxy) is 7. The Morgan fingerprint density at radius 1 is 0.562 bits per heavy atom. The zero-order valence-electron chi connectivity index (χ0n) is 45.9. The fraction of sp³-hybridized carbons (Fsp3) is 0.519. The van der Waals surface area contributed by atoms with E-state index in [0.717, 1.165) is 27.7 Å². The lowest BCUT2D eigenvalue weighted by molar-refractivity contribution is -0.178. The van der Waals surface area contributed by atoms with E-state index in [4.69, 9.17) is 53.7 Å². The van der Waals surface area contributed by atoms with E-state index in [-0.39, 0.29) is 19.8 Å². The summed E-state index contributed by atoms with van der Waals surface area (Å²) in [6.07, 6.45) is -8.03. The molecule has 0 aliphatic heterocycles. The zero-order chi connectivity index (χ0) is 59.9. The van der Waals surface area contributed by atoms with Crippen molar-refractivity contribution in [2.45, 2.75) is 131 Å². The molecule has 0 fully saturated rings. The van der Waals surface area contributed by atoms with Gasteiger partial charge in [-0.15, -0.1) is 0 Å². The number of amides is 3. The molecule has 80 heavy (non-hydrogen) atoms. The van der Waals surface area contributed by atoms with Gasteiger partial charge in [0.15, 0.2) is 12.5 Å². The van der Waals surface area contributed by atoms with Gasteiger partial charge in [-0.05, 0) is 62.6 Å². The summed E-state index contributed by atoms with van der Waals surface area (Å²) in [5.41, 5.74) is 9.74. The molecule has 444 valence electrons. The highest BCUT2D eigenvalue weighted by Gasteiger charge is 2.62. The zero-order valence-corrected chi connectivity index (χ0v) is 47.7. The molecule has 3 aromatic carbocycles. The quantitative estimate of drug-likeness (QED) is 0.0114. The molecule has 28 heteroatoms. The van der Waals surface area contributed by atoms with Gasteiger partial charge in [-0.25, -0.2) is 14.4 Å². The third kappa shape index (κ3) is 20.3. The Labute approximate surface area is 464 Å². The lowest BCUT2D eigenvalue weighted by Crippen LogP contribution is -2.54. The van der Waals surface area contributed by atoms with Crippen LogP contribution in [0.1, 0.15) is 97.8 Å². The van der Waals surface area contributed by atoms with Crippen molar-refractivity contribution in [3.05, 3.63) is 108 Å². The summed E-state index contributed by atoms with van der Waals surface area (Å²) in [4.78, 5) is 114. The van der Waals surface area contributed by atoms with Gasteiger partial charge in [-0.1, -0.05) is 132 Å². The van der Waals surface area contributed by atoms with E-state index in [1.165, 1.54) is 0 Å². The van der Waals surface area contributed by atoms with Gasteiger partial charge in [-0.3, -0.25) is 48.0 Å². The second-order valence-electron chi connectivity index (χ2n) is 19.6. The van der Waals surface area contributed by atoms with Crippen LogP contribution in [0.4, 0.5) is 14.4 Å². The molecule has 3 aromatic rings. The van der Waals surface area contributed by atoms with Crippen LogP contribution >= 0.6 is 15.2 Å². The molecular weight excluding hydrogens is 1090 g/mol. The van der Waals surface area contributed by atoms with Gasteiger partial charge in [0, 0.05) is 13.0 Å². The highest BCUT2D eigenvalue weighted by molar-refractivity contribution is 7.73. The molecule has 7 atom stereocenters. The summed E-state index contributed by atoms with van der Waals surface area (Å²) >= 11 is 0. The van der Waals surface area contributed by atoms with Crippen LogP contribution in [-0.2, 0) is 90.3 Å². The normalized spacial score (nSPS) is 15.5. The van der Waals surface area contributed by atoms with Crippen LogP contribution in [0.3, 0.4) is 0 Å². The first-order chi connectivity index (χ1) is 37.5. The Kier molecular flexibility index (Phi) is 26.7. The minimum atomic E-state index is -6.16. The van der Waals surface area contributed by atoms with Crippen molar-refractivity contribution in [2.24, 2.45) is 34.1 Å². The first-order valence-electron chi connectivity index (χ1n) is 25.4. The summed E-state index contributed by atoms with van der Waals surface area (Å²) in [6.45, 7) is 7.11. The van der Waals surface area contributed by atoms with E-state index in [0.29, 0.717) is 29.5 Å². The fourth-order valence-electron chi connectivity index (χ4n) is 6.68. The SMILES string of the molecule is CC[C@H](C)[C@H](N)C(=O)OC(NC(=O)OCc1ccccc1)C(C)(C)C(=O)OCOP(=O)(OCOC(=O)C(C)(C)C(NC(=O)OCc1ccccc1)OC(=O)[C@@H](N)[C@@H](C)CC)C(O)(CCCNC(=O)OCc1ccccc1)P(=O)(O)O. The molecule has 3 amide bonds. The van der Waals surface area contributed by atoms with Crippen molar-refractivity contribution in [2.75, 3.05) is 20.1 Å². The number of carbonyl (C=O) groups excluding carboxylic acids is 7. The van der Waals surface area contributed by atoms with Crippen molar-refractivity contribution >= 4 is 57.3 Å². The van der Waals surface area contributed by atoms with Crippen molar-refractivity contribution in [1.82, 2.24) is 16.0 Å². The van der Waals surface area contributed by atoms with Gasteiger partial charge < -0.3 is 64.8 Å². The summed E-state index contributed by atoms with van der Waals surface area (Å²) in [6, 6.07) is 22.9. The maximum atomic E-state index is 14.9. The van der Waals surface area contributed by atoms with Crippen LogP contribution in [0.25, 0.3) is 0 Å². The van der Waals surface area contributed by atoms with Crippen LogP contribution in [-0.4, -0.2) is 107 Å². The van der Waals surface area contributed by atoms with Gasteiger partial charge in [0.1, 0.15) is 42.7 Å². The molecule has 0 saturated heterocycles. The van der Waals surface area contributed by atoms with Gasteiger partial charge in [0.05, 0.1) is 0 Å². The predicted octanol–water partition coefficient (Wildman–Crippen LogP) is 6.14. The lowest BCUT2D eigenvalue weighted by atomic mass is 9.91. The summed E-state index contributed by atoms with van der Waals surface area (Å²) in [5.74, 6) is -5.76. The highest BCUT2D eigenvalue weighted by Crippen LogP contribution is 2.74. The third-order valence-corrected chi connectivity index (χ3v) is 17.4. The predicted molar refractivity (Wildman–Crippen MR) is 284 cm³/mol. The van der Waals surface area contributed by atoms with Crippen LogP contribution in [0.15, 0.2) is 91.0 Å². The first-order valence-corrected chi connectivity index (χ1v) is 28.5. The number of rotatable bonds is 32. The molecule has 0 heterocycles. The highest BCUT2D eigenvalue weighted by atomic mass is 31.2. The van der Waals surface area contributed by atoms with Crippen molar-refractivity contribution in [1.29, 1.82) is 0 Å². The number of benzene rings is 3. The molecule has 0 radical (unpaired) electrons. The van der Waals surface area contributed by atoms with Crippen molar-refractivity contribution in [3.63, 3.8) is 0 Å². The molecule has 0 aliphatic rings. The van der Waals surface area contributed by atoms with Crippen LogP contribution in [0.5, 0.6) is 0 Å². The number of carbonyl (C=O) groups is 7. The molecule has 0 bridgehead atoms. The van der Waals surface area contributed by atoms with Gasteiger partial charge in [0.2, 0.25) is 13.6 Å². The van der Waals surface area contributed by atoms with Gasteiger partial charge in [0.25, 0.3) is 5.08 Å². The number of nitrogens with one attached hydrogen (secondary N) is 3. The van der Waals surface area contributed by atoms with E-state index in [9.17, 15) is 57.6 Å². The van der Waals surface area contributed by atoms with E-state index >= 15 is 0 Å². The number of hydrogen-bond acceptors (Lipinski definition) is 21. The maximum Gasteiger partial charge on any atom is 0.410 e. The molecule has 0 saturated carbocycles. The van der Waals surface area contributed by atoms with Crippen LogP contribution in [0, 0.1) is 22.7 Å². The average molecular weight is 1170 g/mol. The Bertz CT molecular complexity index is 2470. The van der Waals surface area contributed by atoms with E-state index in [2.05, 4.69) is 16.0 Å². The summed E-state index contributed by atoms with van der Waals surface area (Å²) in [7, 11) is -12.1. The Morgan fingerprint density at radius 3 is 1.23 bits per heavy atom. The molecule has 3 rings (SSSR count). The average Bonchev–Trinajstić information content (AvgIpc) is 3.43. The Balaban J connectivity index is 1.94. The minimum absolute atomic E-state index is 0.159. The van der Waals surface area contributed by atoms with E-state index < -0.39 is 143 Å². The standard InChI is InChI=1S/C52H75N5O21P2/c1-9-34(3)39(53)41(58)77-43(56-48(63)71-30-37-23-16-12-17-24-37)50(5,6)45(60)73-32-75-80(69,52(65,79(66,67)68)27-20-28-55-47(62)70-29-36-21-14-11-15-22-36)76-33-74-46(61)51(7,8)44(78-42(59)40(54)35(4)10-2)57-49(64)72-31-38-25-18-13-19-26-38/h11-19,21-26,34-35,39-40,43-44,65H,9-10,20,27-33,53-54H2,1-8H3,(H,55,62)(H,56,63)(H,57,64)(H2,66,67,68)/t34-,35-,39-,40-,43?,44?,52?,80?/m0/s1. The van der Waals surface area contributed by atoms with E-state index in [1.54, 1.807) is 119 Å². The monoisotopic (exact) mass is 1170 g/mol. The van der Waals surface area contributed by atoms with Gasteiger partial charge >= 0.3 is 57.3 Å². The maximum absolute atomic E-state index is 14.9. The third-order valence-electron chi connectivity index (χ3n) is 12.7. The van der Waals surface area contributed by atoms with Crippen molar-refractivity contribution < 1.29 is 99.8 Å². The number of hydrogen-bond donors (Lipinski definition) is 8. The smallest absolute Gasteiger partial charge is 0.410 e. The second kappa shape index (κ2) is 31.5. The number of nitrogens with two attached hydrogens (primary N) is 2. The molecule has 0 spiro atoms. The van der Waals surface area contributed by atoms with E-state index in [1.807, 2.05) is 0 Å². The van der Waals surface area contributed by atoms with Crippen LogP contribution in [0.2, 0.25) is 0 Å². The Morgan fingerprint density at radius 2 is 0.900 bits per heavy atom. The van der Waals surface area contributed by atoms with Gasteiger partial charge in [-0.2, -0.15) is 0 Å². The fourth-order valence-corrected chi connectivity index (χ4v) is 10.1. The molecule has 0 aromatic heterocycles. The largest absolute Gasteiger partial charge is 0.445 e. The summed E-state index contributed by atoms with van der Waals surface area (Å²) < 4.78 is 75.9. The Hall–Kier alpha value is -6.47. The number of esters is 4. The molecule has 26 nitrogen and oxygen atoms in total. The van der Waals surface area contributed by atoms with Crippen molar-refractivity contribution in [3.8, 4) is 0 Å². The first kappa shape index (κ1) is 67.8. The second-order valence-corrected chi connectivity index (χ2v) is 24.0. The molecule has 0 aliphatic carbocycles. The van der Waals surface area contributed by atoms with Crippen LogP contribution < -0.4 is 27.4 Å². The topological polar surface area (TPSA) is 386 Å². The molecule has 10 N–H and O–H groups in total.